The number of carbonyl (C=O) groups is 1. The van der Waals surface area contributed by atoms with Gasteiger partial charge in [-0.1, -0.05) is 42.5 Å². The van der Waals surface area contributed by atoms with Crippen molar-refractivity contribution < 1.29 is 9.53 Å². The van der Waals surface area contributed by atoms with Gasteiger partial charge in [-0.15, -0.1) is 11.8 Å². The third kappa shape index (κ3) is 4.50. The number of hydrogen-bond donors (Lipinski definition) is 0. The van der Waals surface area contributed by atoms with Gasteiger partial charge in [-0.3, -0.25) is 4.79 Å². The lowest BCUT2D eigenvalue weighted by atomic mass is 10.0. The average Bonchev–Trinajstić information content (AvgIpc) is 2.52. The van der Waals surface area contributed by atoms with E-state index in [0.717, 1.165) is 10.5 Å². The van der Waals surface area contributed by atoms with Crippen LogP contribution in [0.2, 0.25) is 0 Å². The molecule has 0 saturated heterocycles. The van der Waals surface area contributed by atoms with Crippen LogP contribution in [0.15, 0.2) is 47.4 Å². The Morgan fingerprint density at radius 2 is 1.77 bits per heavy atom. The maximum Gasteiger partial charge on any atom is 0.315 e. The Morgan fingerprint density at radius 1 is 1.09 bits per heavy atom. The molecular formula is C19H20O2S. The highest BCUT2D eigenvalue weighted by atomic mass is 32.2. The molecule has 0 fully saturated rings. The number of esters is 1. The SMILES string of the molecule is COC(=O)CSc1cccc(/C=C/c2c(C)cccc2C)c1. The number of thioether (sulfide) groups is 1. The molecule has 0 saturated carbocycles. The number of carbonyl (C=O) groups excluding carboxylic acids is 1. The average molecular weight is 312 g/mol. The molecule has 22 heavy (non-hydrogen) atoms. The Balaban J connectivity index is 2.13. The van der Waals surface area contributed by atoms with Crippen LogP contribution in [0.5, 0.6) is 0 Å². The summed E-state index contributed by atoms with van der Waals surface area (Å²) in [6.07, 6.45) is 4.26. The van der Waals surface area contributed by atoms with Crippen molar-refractivity contribution >= 4 is 29.9 Å². The summed E-state index contributed by atoms with van der Waals surface area (Å²) in [4.78, 5) is 12.3. The second-order valence-corrected chi connectivity index (χ2v) is 6.12. The fraction of sp³-hybridized carbons (Fsp3) is 0.211. The van der Waals surface area contributed by atoms with Gasteiger partial charge in [-0.25, -0.2) is 0 Å². The molecular weight excluding hydrogens is 292 g/mol. The van der Waals surface area contributed by atoms with E-state index in [2.05, 4.69) is 61.1 Å². The minimum absolute atomic E-state index is 0.207. The van der Waals surface area contributed by atoms with Crippen molar-refractivity contribution in [3.8, 4) is 0 Å². The van der Waals surface area contributed by atoms with E-state index in [9.17, 15) is 4.79 Å². The van der Waals surface area contributed by atoms with Crippen LogP contribution >= 0.6 is 11.8 Å². The molecule has 0 radical (unpaired) electrons. The Morgan fingerprint density at radius 3 is 2.45 bits per heavy atom. The maximum absolute atomic E-state index is 11.2. The zero-order chi connectivity index (χ0) is 15.9. The molecule has 0 atom stereocenters. The van der Waals surface area contributed by atoms with Crippen molar-refractivity contribution in [2.45, 2.75) is 18.7 Å². The molecule has 0 bridgehead atoms. The van der Waals surface area contributed by atoms with Gasteiger partial charge in [0.1, 0.15) is 0 Å². The van der Waals surface area contributed by atoms with Gasteiger partial charge in [-0.05, 0) is 48.2 Å². The predicted octanol–water partition coefficient (Wildman–Crippen LogP) is 4.74. The summed E-state index contributed by atoms with van der Waals surface area (Å²) in [5, 5.41) is 0. The first-order valence-electron chi connectivity index (χ1n) is 7.14. The molecule has 0 aliphatic rings. The quantitative estimate of drug-likeness (QED) is 0.453. The van der Waals surface area contributed by atoms with Gasteiger partial charge in [-0.2, -0.15) is 0 Å². The Labute approximate surface area is 136 Å². The highest BCUT2D eigenvalue weighted by molar-refractivity contribution is 8.00. The molecule has 0 amide bonds. The zero-order valence-corrected chi connectivity index (χ0v) is 13.9. The minimum Gasteiger partial charge on any atom is -0.468 e. The lowest BCUT2D eigenvalue weighted by molar-refractivity contribution is -0.137. The highest BCUT2D eigenvalue weighted by Crippen LogP contribution is 2.21. The van der Waals surface area contributed by atoms with Crippen LogP contribution < -0.4 is 0 Å². The number of benzene rings is 2. The van der Waals surface area contributed by atoms with E-state index in [-0.39, 0.29) is 5.97 Å². The Hall–Kier alpha value is -2.00. The summed E-state index contributed by atoms with van der Waals surface area (Å²) in [6.45, 7) is 4.24. The smallest absolute Gasteiger partial charge is 0.315 e. The van der Waals surface area contributed by atoms with Crippen LogP contribution in [-0.4, -0.2) is 18.8 Å². The molecule has 2 aromatic carbocycles. The summed E-state index contributed by atoms with van der Waals surface area (Å²) in [7, 11) is 1.41. The third-order valence-corrected chi connectivity index (χ3v) is 4.39. The molecule has 0 aliphatic heterocycles. The summed E-state index contributed by atoms with van der Waals surface area (Å²) < 4.78 is 4.66. The van der Waals surface area contributed by atoms with Crippen LogP contribution in [0.1, 0.15) is 22.3 Å². The Bertz CT molecular complexity index is 669. The van der Waals surface area contributed by atoms with E-state index in [1.165, 1.54) is 35.6 Å². The first-order chi connectivity index (χ1) is 10.6. The molecule has 0 heterocycles. The van der Waals surface area contributed by atoms with E-state index in [1.807, 2.05) is 12.1 Å². The van der Waals surface area contributed by atoms with E-state index < -0.39 is 0 Å². The van der Waals surface area contributed by atoms with Gasteiger partial charge in [0.15, 0.2) is 0 Å². The molecule has 2 aromatic rings. The van der Waals surface area contributed by atoms with E-state index >= 15 is 0 Å². The molecule has 0 unspecified atom stereocenters. The summed E-state index contributed by atoms with van der Waals surface area (Å²) in [5.41, 5.74) is 4.92. The maximum atomic E-state index is 11.2. The Kier molecular flexibility index (Phi) is 5.84. The first-order valence-corrected chi connectivity index (χ1v) is 8.12. The van der Waals surface area contributed by atoms with Gasteiger partial charge in [0, 0.05) is 4.90 Å². The summed E-state index contributed by atoms with van der Waals surface area (Å²) in [5.74, 6) is 0.127. The molecule has 2 rings (SSSR count). The second kappa shape index (κ2) is 7.85. The van der Waals surface area contributed by atoms with Crippen LogP contribution in [0.3, 0.4) is 0 Å². The monoisotopic (exact) mass is 312 g/mol. The molecule has 3 heteroatoms. The molecule has 0 aliphatic carbocycles. The number of hydrogen-bond acceptors (Lipinski definition) is 3. The van der Waals surface area contributed by atoms with Gasteiger partial charge < -0.3 is 4.74 Å². The van der Waals surface area contributed by atoms with Gasteiger partial charge in [0.2, 0.25) is 0 Å². The highest BCUT2D eigenvalue weighted by Gasteiger charge is 2.02. The lowest BCUT2D eigenvalue weighted by Crippen LogP contribution is -2.02. The van der Waals surface area contributed by atoms with Crippen molar-refractivity contribution in [2.75, 3.05) is 12.9 Å². The number of aryl methyl sites for hydroxylation is 2. The van der Waals surface area contributed by atoms with Crippen molar-refractivity contribution in [1.82, 2.24) is 0 Å². The van der Waals surface area contributed by atoms with Crippen LogP contribution in [-0.2, 0) is 9.53 Å². The largest absolute Gasteiger partial charge is 0.468 e. The molecule has 114 valence electrons. The minimum atomic E-state index is -0.207. The number of methoxy groups -OCH3 is 1. The lowest BCUT2D eigenvalue weighted by Gasteiger charge is -2.05. The second-order valence-electron chi connectivity index (χ2n) is 5.08. The van der Waals surface area contributed by atoms with Gasteiger partial charge in [0.05, 0.1) is 12.9 Å². The molecule has 0 spiro atoms. The van der Waals surface area contributed by atoms with Crippen molar-refractivity contribution in [1.29, 1.82) is 0 Å². The standard InChI is InChI=1S/C19H20O2S/c1-14-6-4-7-15(2)18(14)11-10-16-8-5-9-17(12-16)22-13-19(20)21-3/h4-12H,13H2,1-3H3/b11-10+. The topological polar surface area (TPSA) is 26.3 Å². The van der Waals surface area contributed by atoms with Gasteiger partial charge in [0.25, 0.3) is 0 Å². The zero-order valence-electron chi connectivity index (χ0n) is 13.1. The molecule has 0 aromatic heterocycles. The fourth-order valence-corrected chi connectivity index (χ4v) is 2.98. The summed E-state index contributed by atoms with van der Waals surface area (Å²) >= 11 is 1.49. The van der Waals surface area contributed by atoms with Gasteiger partial charge >= 0.3 is 5.97 Å². The van der Waals surface area contributed by atoms with Crippen molar-refractivity contribution in [3.63, 3.8) is 0 Å². The predicted molar refractivity (Wildman–Crippen MR) is 94.0 cm³/mol. The first kappa shape index (κ1) is 16.4. The van der Waals surface area contributed by atoms with Crippen molar-refractivity contribution in [3.05, 3.63) is 64.7 Å². The normalized spacial score (nSPS) is 10.9. The molecule has 2 nitrogen and oxygen atoms in total. The fourth-order valence-electron chi connectivity index (χ4n) is 2.18. The number of ether oxygens (including phenoxy) is 1. The van der Waals surface area contributed by atoms with Crippen molar-refractivity contribution in [2.24, 2.45) is 0 Å². The van der Waals surface area contributed by atoms with E-state index in [4.69, 9.17) is 0 Å². The number of rotatable bonds is 5. The van der Waals surface area contributed by atoms with E-state index in [1.54, 1.807) is 0 Å². The summed E-state index contributed by atoms with van der Waals surface area (Å²) in [6, 6.07) is 14.5. The van der Waals surface area contributed by atoms with Crippen LogP contribution in [0.4, 0.5) is 0 Å². The van der Waals surface area contributed by atoms with Crippen LogP contribution in [0.25, 0.3) is 12.2 Å². The molecule has 0 N–H and O–H groups in total. The third-order valence-electron chi connectivity index (χ3n) is 3.43. The van der Waals surface area contributed by atoms with Crippen LogP contribution in [0, 0.1) is 13.8 Å². The van der Waals surface area contributed by atoms with E-state index in [0.29, 0.717) is 5.75 Å².